The number of aromatic nitrogens is 2. The fraction of sp³-hybridized carbons (Fsp3) is 0.727. The summed E-state index contributed by atoms with van der Waals surface area (Å²) in [5.74, 6) is 2.15. The van der Waals surface area contributed by atoms with Gasteiger partial charge in [-0.1, -0.05) is 20.8 Å². The summed E-state index contributed by atoms with van der Waals surface area (Å²) in [7, 11) is 1.98. The SMILES string of the molecule is CCC(CNC)c1ncc(C(C)C)[nH]1. The molecule has 1 rings (SSSR count). The summed E-state index contributed by atoms with van der Waals surface area (Å²) >= 11 is 0. The lowest BCUT2D eigenvalue weighted by Crippen LogP contribution is -2.17. The molecule has 14 heavy (non-hydrogen) atoms. The van der Waals surface area contributed by atoms with Gasteiger partial charge in [-0.15, -0.1) is 0 Å². The lowest BCUT2D eigenvalue weighted by molar-refractivity contribution is 0.583. The number of hydrogen-bond donors (Lipinski definition) is 2. The highest BCUT2D eigenvalue weighted by Gasteiger charge is 2.12. The normalized spacial score (nSPS) is 13.5. The number of nitrogens with zero attached hydrogens (tertiary/aromatic N) is 1. The van der Waals surface area contributed by atoms with Gasteiger partial charge in [0.2, 0.25) is 0 Å². The molecule has 0 spiro atoms. The highest BCUT2D eigenvalue weighted by Crippen LogP contribution is 2.18. The zero-order chi connectivity index (χ0) is 10.6. The quantitative estimate of drug-likeness (QED) is 0.756. The average molecular weight is 195 g/mol. The first kappa shape index (κ1) is 11.2. The fourth-order valence-corrected chi connectivity index (χ4v) is 1.53. The third-order valence-corrected chi connectivity index (χ3v) is 2.57. The molecule has 0 aromatic carbocycles. The van der Waals surface area contributed by atoms with Gasteiger partial charge in [-0.3, -0.25) is 0 Å². The van der Waals surface area contributed by atoms with Crippen molar-refractivity contribution in [2.45, 2.75) is 39.0 Å². The van der Waals surface area contributed by atoms with Crippen LogP contribution >= 0.6 is 0 Å². The van der Waals surface area contributed by atoms with E-state index in [1.807, 2.05) is 13.2 Å². The number of hydrogen-bond acceptors (Lipinski definition) is 2. The summed E-state index contributed by atoms with van der Waals surface area (Å²) in [6, 6.07) is 0. The number of nitrogens with one attached hydrogen (secondary N) is 2. The van der Waals surface area contributed by atoms with E-state index in [2.05, 4.69) is 36.1 Å². The van der Waals surface area contributed by atoms with Gasteiger partial charge in [0.15, 0.2) is 0 Å². The van der Waals surface area contributed by atoms with Crippen LogP contribution in [-0.2, 0) is 0 Å². The molecular weight excluding hydrogens is 174 g/mol. The molecule has 0 saturated carbocycles. The standard InChI is InChI=1S/C11H21N3/c1-5-9(6-12-4)11-13-7-10(14-11)8(2)3/h7-9,12H,5-6H2,1-4H3,(H,13,14). The topological polar surface area (TPSA) is 40.7 Å². The maximum absolute atomic E-state index is 4.43. The van der Waals surface area contributed by atoms with Crippen molar-refractivity contribution in [3.05, 3.63) is 17.7 Å². The molecule has 0 bridgehead atoms. The van der Waals surface area contributed by atoms with Crippen LogP contribution in [-0.4, -0.2) is 23.6 Å². The summed E-state index contributed by atoms with van der Waals surface area (Å²) in [6.45, 7) is 7.54. The van der Waals surface area contributed by atoms with Gasteiger partial charge >= 0.3 is 0 Å². The van der Waals surface area contributed by atoms with E-state index in [4.69, 9.17) is 0 Å². The van der Waals surface area contributed by atoms with Crippen molar-refractivity contribution in [3.63, 3.8) is 0 Å². The van der Waals surface area contributed by atoms with Gasteiger partial charge < -0.3 is 10.3 Å². The predicted molar refractivity (Wildman–Crippen MR) is 59.6 cm³/mol. The Morgan fingerprint density at radius 2 is 2.21 bits per heavy atom. The smallest absolute Gasteiger partial charge is 0.110 e. The Labute approximate surface area is 86.3 Å². The molecule has 80 valence electrons. The van der Waals surface area contributed by atoms with Crippen molar-refractivity contribution in [3.8, 4) is 0 Å². The first-order valence-electron chi connectivity index (χ1n) is 5.38. The monoisotopic (exact) mass is 195 g/mol. The summed E-state index contributed by atoms with van der Waals surface area (Å²) in [4.78, 5) is 7.83. The number of aromatic amines is 1. The minimum absolute atomic E-state index is 0.507. The summed E-state index contributed by atoms with van der Waals surface area (Å²) in [5, 5.41) is 3.20. The largest absolute Gasteiger partial charge is 0.345 e. The molecule has 1 aromatic rings. The molecule has 0 aliphatic heterocycles. The molecule has 0 aliphatic carbocycles. The zero-order valence-electron chi connectivity index (χ0n) is 9.59. The summed E-state index contributed by atoms with van der Waals surface area (Å²) in [6.07, 6.45) is 3.07. The fourth-order valence-electron chi connectivity index (χ4n) is 1.53. The Morgan fingerprint density at radius 1 is 1.50 bits per heavy atom. The van der Waals surface area contributed by atoms with Crippen LogP contribution in [0.1, 0.15) is 50.5 Å². The van der Waals surface area contributed by atoms with Crippen molar-refractivity contribution in [1.29, 1.82) is 0 Å². The molecule has 1 unspecified atom stereocenters. The maximum Gasteiger partial charge on any atom is 0.110 e. The number of H-pyrrole nitrogens is 1. The predicted octanol–water partition coefficient (Wildman–Crippen LogP) is 2.25. The van der Waals surface area contributed by atoms with Gasteiger partial charge in [-0.05, 0) is 19.4 Å². The summed E-state index contributed by atoms with van der Waals surface area (Å²) < 4.78 is 0. The summed E-state index contributed by atoms with van der Waals surface area (Å²) in [5.41, 5.74) is 1.23. The molecule has 3 nitrogen and oxygen atoms in total. The van der Waals surface area contributed by atoms with Crippen molar-refractivity contribution < 1.29 is 0 Å². The zero-order valence-corrected chi connectivity index (χ0v) is 9.59. The van der Waals surface area contributed by atoms with Crippen LogP contribution in [0.15, 0.2) is 6.20 Å². The molecule has 2 N–H and O–H groups in total. The minimum Gasteiger partial charge on any atom is -0.345 e. The maximum atomic E-state index is 4.43. The second-order valence-corrected chi connectivity index (χ2v) is 4.04. The molecule has 1 aromatic heterocycles. The second-order valence-electron chi connectivity index (χ2n) is 4.04. The Hall–Kier alpha value is -0.830. The van der Waals surface area contributed by atoms with Crippen LogP contribution in [0.5, 0.6) is 0 Å². The van der Waals surface area contributed by atoms with Crippen LogP contribution in [0.4, 0.5) is 0 Å². The van der Waals surface area contributed by atoms with E-state index in [-0.39, 0.29) is 0 Å². The van der Waals surface area contributed by atoms with Crippen LogP contribution in [0.3, 0.4) is 0 Å². The third kappa shape index (κ3) is 2.58. The Morgan fingerprint density at radius 3 is 2.64 bits per heavy atom. The number of imidazole rings is 1. The average Bonchev–Trinajstić information content (AvgIpc) is 2.63. The van der Waals surface area contributed by atoms with Crippen molar-refractivity contribution in [1.82, 2.24) is 15.3 Å². The van der Waals surface area contributed by atoms with Gasteiger partial charge in [0.1, 0.15) is 5.82 Å². The van der Waals surface area contributed by atoms with Crippen LogP contribution in [0.2, 0.25) is 0 Å². The van der Waals surface area contributed by atoms with Crippen LogP contribution in [0, 0.1) is 0 Å². The van der Waals surface area contributed by atoms with Gasteiger partial charge in [-0.25, -0.2) is 4.98 Å². The highest BCUT2D eigenvalue weighted by molar-refractivity contribution is 5.09. The van der Waals surface area contributed by atoms with Crippen LogP contribution < -0.4 is 5.32 Å². The van der Waals surface area contributed by atoms with Crippen LogP contribution in [0.25, 0.3) is 0 Å². The molecule has 3 heteroatoms. The van der Waals surface area contributed by atoms with Gasteiger partial charge in [0, 0.05) is 24.4 Å². The van der Waals surface area contributed by atoms with Gasteiger partial charge in [0.05, 0.1) is 0 Å². The molecule has 0 aliphatic rings. The molecule has 0 saturated heterocycles. The van der Waals surface area contributed by atoms with E-state index in [9.17, 15) is 0 Å². The van der Waals surface area contributed by atoms with Crippen molar-refractivity contribution in [2.24, 2.45) is 0 Å². The van der Waals surface area contributed by atoms with E-state index < -0.39 is 0 Å². The first-order valence-corrected chi connectivity index (χ1v) is 5.38. The lowest BCUT2D eigenvalue weighted by atomic mass is 10.1. The number of rotatable bonds is 5. The van der Waals surface area contributed by atoms with Gasteiger partial charge in [-0.2, -0.15) is 0 Å². The number of likely N-dealkylation sites (N-methyl/N-ethyl adjacent to an activating group) is 1. The first-order chi connectivity index (χ1) is 6.69. The molecule has 0 amide bonds. The third-order valence-electron chi connectivity index (χ3n) is 2.57. The Bertz CT molecular complexity index is 265. The second kappa shape index (κ2) is 5.15. The van der Waals surface area contributed by atoms with Crippen molar-refractivity contribution >= 4 is 0 Å². The van der Waals surface area contributed by atoms with E-state index in [1.54, 1.807) is 0 Å². The van der Waals surface area contributed by atoms with E-state index >= 15 is 0 Å². The molecule has 1 heterocycles. The van der Waals surface area contributed by atoms with Crippen molar-refractivity contribution in [2.75, 3.05) is 13.6 Å². The minimum atomic E-state index is 0.507. The molecule has 0 fully saturated rings. The molecule has 0 radical (unpaired) electrons. The van der Waals surface area contributed by atoms with E-state index in [1.165, 1.54) is 5.69 Å². The lowest BCUT2D eigenvalue weighted by Gasteiger charge is -2.11. The highest BCUT2D eigenvalue weighted by atomic mass is 14.9. The van der Waals surface area contributed by atoms with Gasteiger partial charge in [0.25, 0.3) is 0 Å². The molecule has 1 atom stereocenters. The molecular formula is C11H21N3. The Kier molecular flexibility index (Phi) is 4.14. The van der Waals surface area contributed by atoms with E-state index in [0.717, 1.165) is 18.8 Å². The van der Waals surface area contributed by atoms with E-state index in [0.29, 0.717) is 11.8 Å². The Balaban J connectivity index is 2.73.